The number of hydrogen-bond donors (Lipinski definition) is 0. The van der Waals surface area contributed by atoms with Gasteiger partial charge in [-0.1, -0.05) is 109 Å². The normalized spacial score (nSPS) is 12.2. The Balaban J connectivity index is 1.27. The molecule has 10 rings (SSSR count). The van der Waals surface area contributed by atoms with Crippen LogP contribution < -0.4 is 0 Å². The first-order chi connectivity index (χ1) is 21.3. The van der Waals surface area contributed by atoms with Crippen LogP contribution in [0.1, 0.15) is 0 Å². The lowest BCUT2D eigenvalue weighted by Crippen LogP contribution is -1.91. The molecule has 0 spiro atoms. The van der Waals surface area contributed by atoms with Gasteiger partial charge in [0.25, 0.3) is 0 Å². The van der Waals surface area contributed by atoms with Crippen molar-refractivity contribution in [3.63, 3.8) is 0 Å². The Morgan fingerprint density at radius 3 is 1.37 bits per heavy atom. The smallest absolute Gasteiger partial charge is 0.135 e. The van der Waals surface area contributed by atoms with Crippen LogP contribution in [0.15, 0.2) is 150 Å². The Morgan fingerprint density at radius 1 is 0.256 bits per heavy atom. The predicted molar refractivity (Wildman–Crippen MR) is 183 cm³/mol. The van der Waals surface area contributed by atoms with Crippen LogP contribution in [0.3, 0.4) is 0 Å². The SMILES string of the molecule is c1cc(-c2ccc3oc4ccccc4c3c2)cc(-c2cc3c4ccccc4c4cccc5c6ccccc6c(c2)c3c45)c1. The molecular weight excluding hydrogens is 520 g/mol. The Morgan fingerprint density at radius 2 is 0.698 bits per heavy atom. The van der Waals surface area contributed by atoms with E-state index in [0.29, 0.717) is 0 Å². The second kappa shape index (κ2) is 8.44. The molecule has 0 saturated heterocycles. The van der Waals surface area contributed by atoms with E-state index in [1.54, 1.807) is 0 Å². The van der Waals surface area contributed by atoms with E-state index in [1.165, 1.54) is 76.1 Å². The maximum Gasteiger partial charge on any atom is 0.135 e. The summed E-state index contributed by atoms with van der Waals surface area (Å²) in [6, 6.07) is 53.2. The number of rotatable bonds is 2. The van der Waals surface area contributed by atoms with Crippen molar-refractivity contribution in [2.75, 3.05) is 0 Å². The van der Waals surface area contributed by atoms with Gasteiger partial charge in [-0.15, -0.1) is 0 Å². The molecule has 0 saturated carbocycles. The molecular formula is C42H24O. The summed E-state index contributed by atoms with van der Waals surface area (Å²) in [7, 11) is 0. The molecule has 0 aliphatic heterocycles. The average molecular weight is 545 g/mol. The zero-order chi connectivity index (χ0) is 28.1. The summed E-state index contributed by atoms with van der Waals surface area (Å²) >= 11 is 0. The molecule has 0 N–H and O–H groups in total. The largest absolute Gasteiger partial charge is 0.456 e. The van der Waals surface area contributed by atoms with Crippen molar-refractivity contribution in [2.24, 2.45) is 0 Å². The second-order valence-corrected chi connectivity index (χ2v) is 11.7. The summed E-state index contributed by atoms with van der Waals surface area (Å²) in [5.74, 6) is 0. The van der Waals surface area contributed by atoms with Gasteiger partial charge in [0, 0.05) is 10.8 Å². The first kappa shape index (κ1) is 23.0. The van der Waals surface area contributed by atoms with Gasteiger partial charge in [-0.3, -0.25) is 0 Å². The van der Waals surface area contributed by atoms with Gasteiger partial charge in [0.1, 0.15) is 11.2 Å². The highest BCUT2D eigenvalue weighted by atomic mass is 16.3. The van der Waals surface area contributed by atoms with Crippen molar-refractivity contribution in [3.8, 4) is 22.3 Å². The Kier molecular flexibility index (Phi) is 4.51. The molecule has 10 aromatic rings. The minimum atomic E-state index is 0.923. The molecule has 198 valence electrons. The van der Waals surface area contributed by atoms with Crippen LogP contribution in [0.2, 0.25) is 0 Å². The highest BCUT2D eigenvalue weighted by Crippen LogP contribution is 2.46. The van der Waals surface area contributed by atoms with Crippen LogP contribution in [0.4, 0.5) is 0 Å². The lowest BCUT2D eigenvalue weighted by Gasteiger charge is -2.19. The van der Waals surface area contributed by atoms with E-state index in [2.05, 4.69) is 133 Å². The molecule has 1 heterocycles. The molecule has 0 unspecified atom stereocenters. The van der Waals surface area contributed by atoms with Gasteiger partial charge in [0.05, 0.1) is 0 Å². The number of benzene rings is 9. The van der Waals surface area contributed by atoms with Crippen LogP contribution in [0.5, 0.6) is 0 Å². The van der Waals surface area contributed by atoms with Crippen molar-refractivity contribution in [1.29, 1.82) is 0 Å². The van der Waals surface area contributed by atoms with Gasteiger partial charge in [-0.25, -0.2) is 0 Å². The summed E-state index contributed by atoms with van der Waals surface area (Å²) in [5, 5.41) is 15.5. The Labute approximate surface area is 247 Å². The standard InChI is InChI=1S/C42H24O/c1-3-13-31-29(11-1)34-16-8-17-35-30-12-2-4-14-32(30)38-24-28(23-37(31)42(38)41(34)35)26-10-7-9-25(21-26)27-19-20-40-36(22-27)33-15-5-6-18-39(33)43-40/h1-24H. The molecule has 0 radical (unpaired) electrons. The van der Waals surface area contributed by atoms with Gasteiger partial charge in [-0.2, -0.15) is 0 Å². The molecule has 9 aromatic carbocycles. The van der Waals surface area contributed by atoms with E-state index in [1.807, 2.05) is 12.1 Å². The Hall–Kier alpha value is -5.66. The molecule has 0 bridgehead atoms. The van der Waals surface area contributed by atoms with Crippen molar-refractivity contribution in [2.45, 2.75) is 0 Å². The van der Waals surface area contributed by atoms with E-state index >= 15 is 0 Å². The summed E-state index contributed by atoms with van der Waals surface area (Å²) in [6.07, 6.45) is 0. The number of para-hydroxylation sites is 1. The molecule has 43 heavy (non-hydrogen) atoms. The molecule has 0 atom stereocenters. The minimum absolute atomic E-state index is 0.923. The first-order valence-electron chi connectivity index (χ1n) is 14.8. The van der Waals surface area contributed by atoms with Crippen molar-refractivity contribution in [3.05, 3.63) is 146 Å². The van der Waals surface area contributed by atoms with Crippen LogP contribution in [-0.2, 0) is 0 Å². The van der Waals surface area contributed by atoms with E-state index < -0.39 is 0 Å². The molecule has 0 fully saturated rings. The topological polar surface area (TPSA) is 13.1 Å². The van der Waals surface area contributed by atoms with Crippen LogP contribution in [0, 0.1) is 0 Å². The van der Waals surface area contributed by atoms with Crippen LogP contribution >= 0.6 is 0 Å². The zero-order valence-electron chi connectivity index (χ0n) is 23.3. The lowest BCUT2D eigenvalue weighted by molar-refractivity contribution is 0.669. The van der Waals surface area contributed by atoms with E-state index in [-0.39, 0.29) is 0 Å². The molecule has 0 aliphatic carbocycles. The predicted octanol–water partition coefficient (Wildman–Crippen LogP) is 12.1. The number of hydrogen-bond acceptors (Lipinski definition) is 1. The minimum Gasteiger partial charge on any atom is -0.456 e. The number of fused-ring (bicyclic) bond motifs is 9. The summed E-state index contributed by atoms with van der Waals surface area (Å²) < 4.78 is 6.10. The molecule has 1 heteroatoms. The maximum absolute atomic E-state index is 6.10. The fourth-order valence-corrected chi connectivity index (χ4v) is 7.46. The maximum atomic E-state index is 6.10. The lowest BCUT2D eigenvalue weighted by atomic mass is 9.84. The average Bonchev–Trinajstić information content (AvgIpc) is 3.46. The molecule has 1 nitrogen and oxygen atoms in total. The van der Waals surface area contributed by atoms with Gasteiger partial charge < -0.3 is 4.42 Å². The summed E-state index contributed by atoms with van der Waals surface area (Å²) in [5.41, 5.74) is 6.69. The first-order valence-corrected chi connectivity index (χ1v) is 14.8. The van der Waals surface area contributed by atoms with Crippen molar-refractivity contribution >= 4 is 75.8 Å². The van der Waals surface area contributed by atoms with Crippen LogP contribution in [-0.4, -0.2) is 0 Å². The van der Waals surface area contributed by atoms with Gasteiger partial charge in [0.15, 0.2) is 0 Å². The summed E-state index contributed by atoms with van der Waals surface area (Å²) in [4.78, 5) is 0. The third kappa shape index (κ3) is 3.17. The fraction of sp³-hybridized carbons (Fsp3) is 0. The van der Waals surface area contributed by atoms with E-state index in [9.17, 15) is 0 Å². The highest BCUT2D eigenvalue weighted by molar-refractivity contribution is 6.40. The number of furan rings is 1. The zero-order valence-corrected chi connectivity index (χ0v) is 23.3. The molecule has 0 aliphatic rings. The highest BCUT2D eigenvalue weighted by Gasteiger charge is 2.18. The summed E-state index contributed by atoms with van der Waals surface area (Å²) in [6.45, 7) is 0. The quantitative estimate of drug-likeness (QED) is 0.156. The monoisotopic (exact) mass is 544 g/mol. The third-order valence-electron chi connectivity index (χ3n) is 9.37. The third-order valence-corrected chi connectivity index (χ3v) is 9.37. The van der Waals surface area contributed by atoms with Crippen molar-refractivity contribution < 1.29 is 4.42 Å². The van der Waals surface area contributed by atoms with E-state index in [0.717, 1.165) is 21.9 Å². The molecule has 1 aromatic heterocycles. The fourth-order valence-electron chi connectivity index (χ4n) is 7.46. The van der Waals surface area contributed by atoms with Crippen LogP contribution in [0.25, 0.3) is 98.1 Å². The van der Waals surface area contributed by atoms with Crippen molar-refractivity contribution in [1.82, 2.24) is 0 Å². The Bertz CT molecular complexity index is 2620. The molecule has 0 amide bonds. The second-order valence-electron chi connectivity index (χ2n) is 11.7. The van der Waals surface area contributed by atoms with Gasteiger partial charge in [0.2, 0.25) is 0 Å². The van der Waals surface area contributed by atoms with Gasteiger partial charge >= 0.3 is 0 Å². The van der Waals surface area contributed by atoms with E-state index in [4.69, 9.17) is 4.42 Å². The van der Waals surface area contributed by atoms with Gasteiger partial charge in [-0.05, 0) is 113 Å².